The minimum atomic E-state index is -0.454. The van der Waals surface area contributed by atoms with Crippen LogP contribution in [-0.4, -0.2) is 36.2 Å². The summed E-state index contributed by atoms with van der Waals surface area (Å²) in [6, 6.07) is 27.8. The molecule has 3 fully saturated rings. The maximum absolute atomic E-state index is 14.1. The van der Waals surface area contributed by atoms with Gasteiger partial charge in [0.1, 0.15) is 18.3 Å². The third-order valence-corrected chi connectivity index (χ3v) is 15.4. The van der Waals surface area contributed by atoms with Crippen molar-refractivity contribution < 1.29 is 28.6 Å². The molecule has 4 aliphatic carbocycles. The highest BCUT2D eigenvalue weighted by Crippen LogP contribution is 2.75. The van der Waals surface area contributed by atoms with E-state index in [0.29, 0.717) is 28.5 Å². The van der Waals surface area contributed by atoms with Crippen LogP contribution in [0.5, 0.6) is 0 Å². The number of benzene rings is 3. The van der Waals surface area contributed by atoms with Crippen LogP contribution in [0.25, 0.3) is 0 Å². The Balaban J connectivity index is 1.21. The normalized spacial score (nSPS) is 32.2. The van der Waals surface area contributed by atoms with Crippen LogP contribution in [0, 0.1) is 45.3 Å². The fourth-order valence-electron chi connectivity index (χ4n) is 12.4. The minimum Gasteiger partial charge on any atom is -0.458 e. The summed E-state index contributed by atoms with van der Waals surface area (Å²) in [5, 5.41) is 0. The van der Waals surface area contributed by atoms with Gasteiger partial charge in [0, 0.05) is 11.3 Å². The smallest absolute Gasteiger partial charge is 0.338 e. The summed E-state index contributed by atoms with van der Waals surface area (Å²) in [5.74, 6) is 0.159. The minimum absolute atomic E-state index is 0.0315. The van der Waals surface area contributed by atoms with Crippen LogP contribution < -0.4 is 0 Å². The molecule has 0 saturated heterocycles. The first kappa shape index (κ1) is 40.7. The molecule has 6 heteroatoms. The van der Waals surface area contributed by atoms with Gasteiger partial charge >= 0.3 is 17.9 Å². The fourth-order valence-corrected chi connectivity index (χ4v) is 12.4. The molecule has 302 valence electrons. The number of hydrogen-bond donors (Lipinski definition) is 0. The van der Waals surface area contributed by atoms with Gasteiger partial charge in [0.25, 0.3) is 0 Å². The van der Waals surface area contributed by atoms with E-state index in [2.05, 4.69) is 67.5 Å². The first-order chi connectivity index (χ1) is 27.1. The van der Waals surface area contributed by atoms with Gasteiger partial charge in [0.2, 0.25) is 0 Å². The van der Waals surface area contributed by atoms with Crippen molar-refractivity contribution in [1.82, 2.24) is 0 Å². The van der Waals surface area contributed by atoms with E-state index in [0.717, 1.165) is 50.5 Å². The summed E-state index contributed by atoms with van der Waals surface area (Å²) in [6.45, 7) is 18.4. The van der Waals surface area contributed by atoms with Crippen LogP contribution in [-0.2, 0) is 14.2 Å². The van der Waals surface area contributed by atoms with E-state index in [1.165, 1.54) is 5.57 Å². The number of ether oxygens (including phenoxy) is 3. The Kier molecular flexibility index (Phi) is 11.2. The Bertz CT molecular complexity index is 2000. The molecule has 0 amide bonds. The van der Waals surface area contributed by atoms with Gasteiger partial charge in [-0.3, -0.25) is 0 Å². The van der Waals surface area contributed by atoms with E-state index >= 15 is 0 Å². The fraction of sp³-hybridized carbons (Fsp3) is 0.510. The van der Waals surface area contributed by atoms with Gasteiger partial charge in [0.05, 0.1) is 16.7 Å². The zero-order valence-corrected chi connectivity index (χ0v) is 35.3. The van der Waals surface area contributed by atoms with Crippen molar-refractivity contribution in [3.63, 3.8) is 0 Å². The summed E-state index contributed by atoms with van der Waals surface area (Å²) in [7, 11) is 0. The lowest BCUT2D eigenvalue weighted by molar-refractivity contribution is -0.178. The van der Waals surface area contributed by atoms with Crippen LogP contribution in [0.4, 0.5) is 0 Å². The maximum Gasteiger partial charge on any atom is 0.338 e. The summed E-state index contributed by atoms with van der Waals surface area (Å²) in [6.07, 6.45) is 9.96. The molecule has 10 atom stereocenters. The van der Waals surface area contributed by atoms with E-state index in [-0.39, 0.29) is 58.2 Å². The van der Waals surface area contributed by atoms with Crippen molar-refractivity contribution in [2.24, 2.45) is 45.3 Å². The number of esters is 3. The maximum atomic E-state index is 14.1. The molecular weight excluding hydrogens is 709 g/mol. The predicted octanol–water partition coefficient (Wildman–Crippen LogP) is 11.9. The molecule has 0 N–H and O–H groups in total. The van der Waals surface area contributed by atoms with Crippen LogP contribution in [0.2, 0.25) is 0 Å². The second-order valence-corrected chi connectivity index (χ2v) is 19.2. The quantitative estimate of drug-likeness (QED) is 0.116. The summed E-state index contributed by atoms with van der Waals surface area (Å²) in [4.78, 5) is 40.7. The number of carbonyl (C=O) groups is 3. The predicted molar refractivity (Wildman–Crippen MR) is 225 cm³/mol. The number of hydrogen-bond acceptors (Lipinski definition) is 6. The van der Waals surface area contributed by atoms with E-state index in [1.807, 2.05) is 78.9 Å². The van der Waals surface area contributed by atoms with Crippen LogP contribution in [0.15, 0.2) is 114 Å². The molecule has 3 aromatic rings. The lowest BCUT2D eigenvalue weighted by atomic mass is 9.38. The summed E-state index contributed by atoms with van der Waals surface area (Å²) >= 11 is 0. The first-order valence-electron chi connectivity index (χ1n) is 21.2. The standard InChI is InChI=1S/C51H62O6/c1-33(2)30-38(55-45(52)35-18-12-9-13-19-35)31-34(3)39-26-27-51(8)44-42(56-46(53)36-20-14-10-15-21-36)32-41-40(49(44,6)28-29-50(39,51)7)24-25-43(48(41,4)5)57-47(54)37-22-16-11-17-23-37/h9-23,30,32,34,38-40,42-44H,24-29,31H2,1-8H3. The van der Waals surface area contributed by atoms with Crippen molar-refractivity contribution >= 4 is 17.9 Å². The zero-order valence-electron chi connectivity index (χ0n) is 35.3. The molecule has 4 aliphatic rings. The molecule has 3 aromatic carbocycles. The Labute approximate surface area is 340 Å². The third kappa shape index (κ3) is 7.43. The second-order valence-electron chi connectivity index (χ2n) is 19.2. The van der Waals surface area contributed by atoms with Crippen LogP contribution >= 0.6 is 0 Å². The van der Waals surface area contributed by atoms with Crippen molar-refractivity contribution in [2.75, 3.05) is 0 Å². The summed E-state index contributed by atoms with van der Waals surface area (Å²) in [5.41, 5.74) is 3.30. The highest BCUT2D eigenvalue weighted by molar-refractivity contribution is 5.90. The van der Waals surface area contributed by atoms with Crippen molar-refractivity contribution in [1.29, 1.82) is 0 Å². The molecule has 0 heterocycles. The van der Waals surface area contributed by atoms with Crippen molar-refractivity contribution in [3.05, 3.63) is 131 Å². The second kappa shape index (κ2) is 15.7. The molecule has 57 heavy (non-hydrogen) atoms. The molecule has 3 saturated carbocycles. The van der Waals surface area contributed by atoms with E-state index < -0.39 is 11.5 Å². The van der Waals surface area contributed by atoms with Crippen molar-refractivity contribution in [3.8, 4) is 0 Å². The molecular formula is C51H62O6. The van der Waals surface area contributed by atoms with Gasteiger partial charge in [-0.1, -0.05) is 107 Å². The zero-order chi connectivity index (χ0) is 40.8. The van der Waals surface area contributed by atoms with E-state index in [9.17, 15) is 14.4 Å². The van der Waals surface area contributed by atoms with E-state index in [4.69, 9.17) is 14.2 Å². The molecule has 6 nitrogen and oxygen atoms in total. The highest BCUT2D eigenvalue weighted by Gasteiger charge is 2.70. The molecule has 10 unspecified atom stereocenters. The van der Waals surface area contributed by atoms with Gasteiger partial charge in [0.15, 0.2) is 0 Å². The third-order valence-electron chi connectivity index (χ3n) is 15.4. The number of allylic oxidation sites excluding steroid dienone is 1. The first-order valence-corrected chi connectivity index (χ1v) is 21.2. The molecule has 0 bridgehead atoms. The Hall–Kier alpha value is -4.45. The molecule has 0 spiro atoms. The van der Waals surface area contributed by atoms with Gasteiger partial charge in [-0.05, 0) is 141 Å². The van der Waals surface area contributed by atoms with Crippen molar-refractivity contribution in [2.45, 2.75) is 119 Å². The number of carbonyl (C=O) groups excluding carboxylic acids is 3. The highest BCUT2D eigenvalue weighted by atomic mass is 16.6. The largest absolute Gasteiger partial charge is 0.458 e. The topological polar surface area (TPSA) is 78.9 Å². The molecule has 0 aliphatic heterocycles. The van der Waals surface area contributed by atoms with Gasteiger partial charge in [-0.25, -0.2) is 14.4 Å². The lowest BCUT2D eigenvalue weighted by Gasteiger charge is -2.67. The number of fused-ring (bicyclic) bond motifs is 5. The average molecular weight is 771 g/mol. The van der Waals surface area contributed by atoms with E-state index in [1.54, 1.807) is 12.1 Å². The molecule has 7 rings (SSSR count). The summed E-state index contributed by atoms with van der Waals surface area (Å²) < 4.78 is 19.3. The Morgan fingerprint density at radius 2 is 1.23 bits per heavy atom. The van der Waals surface area contributed by atoms with Crippen LogP contribution in [0.3, 0.4) is 0 Å². The van der Waals surface area contributed by atoms with Gasteiger partial charge in [-0.2, -0.15) is 0 Å². The lowest BCUT2D eigenvalue weighted by Crippen LogP contribution is -2.63. The molecule has 0 radical (unpaired) electrons. The van der Waals surface area contributed by atoms with Gasteiger partial charge in [-0.15, -0.1) is 0 Å². The molecule has 0 aromatic heterocycles. The Morgan fingerprint density at radius 1 is 0.684 bits per heavy atom. The SMILES string of the molecule is CC(C)=CC(CC(C)C1CCC2(C)C3C(OC(=O)c4ccccc4)C=C4C(CCC(OC(=O)c5ccccc5)C4(C)C)C3(C)CCC12C)OC(=O)c1ccccc1. The average Bonchev–Trinajstić information content (AvgIpc) is 3.47. The number of rotatable bonds is 10. The van der Waals surface area contributed by atoms with Gasteiger partial charge < -0.3 is 14.2 Å². The Morgan fingerprint density at radius 3 is 1.79 bits per heavy atom. The van der Waals surface area contributed by atoms with Crippen LogP contribution in [0.1, 0.15) is 131 Å². The monoisotopic (exact) mass is 770 g/mol.